The average Bonchev–Trinajstić information content (AvgIpc) is 2.71. The molecular formula is C11H12BrN5O3S. The van der Waals surface area contributed by atoms with Crippen LogP contribution in [-0.2, 0) is 17.1 Å². The lowest BCUT2D eigenvalue weighted by molar-refractivity contribution is 0.0999. The Morgan fingerprint density at radius 1 is 1.43 bits per heavy atom. The van der Waals surface area contributed by atoms with Crippen LogP contribution in [0.5, 0.6) is 0 Å². The van der Waals surface area contributed by atoms with Crippen LogP contribution < -0.4 is 10.5 Å². The Morgan fingerprint density at radius 2 is 2.10 bits per heavy atom. The molecule has 1 aromatic carbocycles. The van der Waals surface area contributed by atoms with Crippen molar-refractivity contribution in [3.63, 3.8) is 0 Å². The van der Waals surface area contributed by atoms with Gasteiger partial charge >= 0.3 is 0 Å². The van der Waals surface area contributed by atoms with E-state index < -0.39 is 15.9 Å². The van der Waals surface area contributed by atoms with Crippen LogP contribution in [0.3, 0.4) is 0 Å². The van der Waals surface area contributed by atoms with Gasteiger partial charge in [0.2, 0.25) is 10.9 Å². The van der Waals surface area contributed by atoms with E-state index in [4.69, 9.17) is 5.73 Å². The highest BCUT2D eigenvalue weighted by atomic mass is 79.9. The smallest absolute Gasteiger partial charge is 0.281 e. The normalized spacial score (nSPS) is 11.4. The number of rotatable bonds is 4. The molecule has 1 aromatic heterocycles. The molecule has 1 heterocycles. The number of carbonyl (C=O) groups is 1. The van der Waals surface area contributed by atoms with Crippen molar-refractivity contribution in [3.8, 4) is 0 Å². The van der Waals surface area contributed by atoms with Gasteiger partial charge in [-0.15, -0.1) is 5.10 Å². The summed E-state index contributed by atoms with van der Waals surface area (Å²) in [6, 6.07) is 4.61. The van der Waals surface area contributed by atoms with Gasteiger partial charge < -0.3 is 5.73 Å². The second-order valence-electron chi connectivity index (χ2n) is 4.26. The molecule has 112 valence electrons. The molecule has 0 saturated heterocycles. The topological polar surface area (TPSA) is 120 Å². The maximum atomic E-state index is 12.4. The van der Waals surface area contributed by atoms with Gasteiger partial charge in [0.25, 0.3) is 10.0 Å². The molecule has 0 aliphatic rings. The standard InChI is InChI=1S/C11H12BrN5O3S/c1-6-7(10(13)18)4-3-5-8(6)15-21(19,20)11-9(12)14-16-17(11)2/h3-5,15H,1-2H3,(H2,13,18). The molecule has 0 bridgehead atoms. The molecule has 0 atom stereocenters. The van der Waals surface area contributed by atoms with E-state index in [1.54, 1.807) is 13.0 Å². The first kappa shape index (κ1) is 15.4. The number of carbonyl (C=O) groups excluding carboxylic acids is 1. The van der Waals surface area contributed by atoms with Gasteiger partial charge in [0.05, 0.1) is 5.69 Å². The predicted molar refractivity (Wildman–Crippen MR) is 79.2 cm³/mol. The van der Waals surface area contributed by atoms with E-state index in [1.165, 1.54) is 19.2 Å². The molecule has 8 nitrogen and oxygen atoms in total. The third-order valence-electron chi connectivity index (χ3n) is 2.84. The monoisotopic (exact) mass is 373 g/mol. The number of nitrogens with one attached hydrogen (secondary N) is 1. The van der Waals surface area contributed by atoms with Gasteiger partial charge in [-0.2, -0.15) is 8.42 Å². The summed E-state index contributed by atoms with van der Waals surface area (Å²) in [4.78, 5) is 11.3. The van der Waals surface area contributed by atoms with E-state index in [0.29, 0.717) is 5.56 Å². The Labute approximate surface area is 129 Å². The fourth-order valence-corrected chi connectivity index (χ4v) is 4.04. The number of hydrogen-bond donors (Lipinski definition) is 2. The SMILES string of the molecule is Cc1c(NS(=O)(=O)c2c(Br)nnn2C)cccc1C(N)=O. The van der Waals surface area contributed by atoms with Gasteiger partial charge in [-0.05, 0) is 40.5 Å². The maximum Gasteiger partial charge on any atom is 0.281 e. The van der Waals surface area contributed by atoms with Crippen molar-refractivity contribution in [1.82, 2.24) is 15.0 Å². The summed E-state index contributed by atoms with van der Waals surface area (Å²) in [5, 5.41) is 7.13. The third kappa shape index (κ3) is 2.90. The molecule has 3 N–H and O–H groups in total. The Hall–Kier alpha value is -1.94. The van der Waals surface area contributed by atoms with E-state index in [2.05, 4.69) is 31.0 Å². The van der Waals surface area contributed by atoms with Crippen molar-refractivity contribution >= 4 is 37.5 Å². The van der Waals surface area contributed by atoms with Gasteiger partial charge in [0, 0.05) is 12.6 Å². The highest BCUT2D eigenvalue weighted by molar-refractivity contribution is 9.10. The van der Waals surface area contributed by atoms with E-state index in [-0.39, 0.29) is 20.9 Å². The van der Waals surface area contributed by atoms with Crippen molar-refractivity contribution in [3.05, 3.63) is 33.9 Å². The highest BCUT2D eigenvalue weighted by Crippen LogP contribution is 2.24. The van der Waals surface area contributed by atoms with Crippen LogP contribution in [0.1, 0.15) is 15.9 Å². The number of nitrogens with two attached hydrogens (primary N) is 1. The Kier molecular flexibility index (Phi) is 4.01. The number of aromatic nitrogens is 3. The number of aryl methyl sites for hydroxylation is 1. The van der Waals surface area contributed by atoms with Gasteiger partial charge in [-0.1, -0.05) is 11.3 Å². The summed E-state index contributed by atoms with van der Waals surface area (Å²) >= 11 is 3.03. The van der Waals surface area contributed by atoms with Gasteiger partial charge in [0.15, 0.2) is 4.60 Å². The number of amides is 1. The lowest BCUT2D eigenvalue weighted by atomic mass is 10.1. The predicted octanol–water partition coefficient (Wildman–Crippen LogP) is 0.786. The molecule has 2 rings (SSSR count). The zero-order valence-corrected chi connectivity index (χ0v) is 13.6. The minimum absolute atomic E-state index is 0.0983. The molecule has 10 heteroatoms. The second kappa shape index (κ2) is 5.45. The first-order chi connectivity index (χ1) is 9.74. The largest absolute Gasteiger partial charge is 0.366 e. The number of hydrogen-bond acceptors (Lipinski definition) is 5. The van der Waals surface area contributed by atoms with Crippen molar-refractivity contribution in [2.24, 2.45) is 12.8 Å². The minimum atomic E-state index is -3.91. The van der Waals surface area contributed by atoms with E-state index >= 15 is 0 Å². The number of benzene rings is 1. The van der Waals surface area contributed by atoms with E-state index in [1.807, 2.05) is 0 Å². The third-order valence-corrected chi connectivity index (χ3v) is 5.09. The van der Waals surface area contributed by atoms with Crippen LogP contribution in [0.4, 0.5) is 5.69 Å². The first-order valence-electron chi connectivity index (χ1n) is 5.71. The van der Waals surface area contributed by atoms with Crippen molar-refractivity contribution < 1.29 is 13.2 Å². The van der Waals surface area contributed by atoms with Gasteiger partial charge in [0.1, 0.15) is 0 Å². The number of sulfonamides is 1. The molecule has 0 unspecified atom stereocenters. The summed E-state index contributed by atoms with van der Waals surface area (Å²) in [6.07, 6.45) is 0. The number of primary amides is 1. The van der Waals surface area contributed by atoms with Crippen molar-refractivity contribution in [2.75, 3.05) is 4.72 Å². The quantitative estimate of drug-likeness (QED) is 0.820. The van der Waals surface area contributed by atoms with E-state index in [0.717, 1.165) is 4.68 Å². The Morgan fingerprint density at radius 3 is 2.62 bits per heavy atom. The molecule has 1 amide bonds. The fourth-order valence-electron chi connectivity index (χ4n) is 1.81. The lowest BCUT2D eigenvalue weighted by Gasteiger charge is -2.12. The van der Waals surface area contributed by atoms with Crippen molar-refractivity contribution in [2.45, 2.75) is 11.9 Å². The number of halogens is 1. The fraction of sp³-hybridized carbons (Fsp3) is 0.182. The Bertz CT molecular complexity index is 796. The molecular weight excluding hydrogens is 362 g/mol. The zero-order valence-electron chi connectivity index (χ0n) is 11.2. The summed E-state index contributed by atoms with van der Waals surface area (Å²) in [5.41, 5.74) is 6.20. The van der Waals surface area contributed by atoms with Gasteiger partial charge in [-0.25, -0.2) is 4.68 Å². The maximum absolute atomic E-state index is 12.4. The summed E-state index contributed by atoms with van der Waals surface area (Å²) in [6.45, 7) is 1.61. The van der Waals surface area contributed by atoms with Crippen molar-refractivity contribution in [1.29, 1.82) is 0 Å². The highest BCUT2D eigenvalue weighted by Gasteiger charge is 2.25. The number of anilines is 1. The summed E-state index contributed by atoms with van der Waals surface area (Å²) < 4.78 is 28.4. The van der Waals surface area contributed by atoms with Gasteiger partial charge in [-0.3, -0.25) is 9.52 Å². The second-order valence-corrected chi connectivity index (χ2v) is 6.61. The van der Waals surface area contributed by atoms with Crippen LogP contribution in [0.2, 0.25) is 0 Å². The van der Waals surface area contributed by atoms with Crippen LogP contribution >= 0.6 is 15.9 Å². The Balaban J connectivity index is 2.48. The average molecular weight is 374 g/mol. The van der Waals surface area contributed by atoms with Crippen LogP contribution in [0.15, 0.2) is 27.8 Å². The molecule has 0 aliphatic heterocycles. The van der Waals surface area contributed by atoms with Crippen LogP contribution in [0.25, 0.3) is 0 Å². The van der Waals surface area contributed by atoms with E-state index in [9.17, 15) is 13.2 Å². The summed E-state index contributed by atoms with van der Waals surface area (Å²) in [5.74, 6) is -0.628. The molecule has 0 fully saturated rings. The van der Waals surface area contributed by atoms with Crippen LogP contribution in [0, 0.1) is 6.92 Å². The molecule has 0 radical (unpaired) electrons. The molecule has 2 aromatic rings. The molecule has 0 aliphatic carbocycles. The molecule has 0 spiro atoms. The molecule has 21 heavy (non-hydrogen) atoms. The number of nitrogens with zero attached hydrogens (tertiary/aromatic N) is 3. The molecule has 0 saturated carbocycles. The minimum Gasteiger partial charge on any atom is -0.366 e. The summed E-state index contributed by atoms with van der Waals surface area (Å²) in [7, 11) is -2.45. The van der Waals surface area contributed by atoms with Crippen LogP contribution in [-0.4, -0.2) is 29.3 Å². The first-order valence-corrected chi connectivity index (χ1v) is 7.99. The zero-order chi connectivity index (χ0) is 15.8. The lowest BCUT2D eigenvalue weighted by Crippen LogP contribution is -2.19.